The molecule has 7 heteroatoms. The highest BCUT2D eigenvalue weighted by Crippen LogP contribution is 2.49. The lowest BCUT2D eigenvalue weighted by atomic mass is 10.1. The lowest BCUT2D eigenvalue weighted by molar-refractivity contribution is -0.123. The fraction of sp³-hybridized carbons (Fsp3) is 0.286. The van der Waals surface area contributed by atoms with Gasteiger partial charge < -0.3 is 10.4 Å². The molecule has 108 valence electrons. The number of nitrogens with zero attached hydrogens (tertiary/aromatic N) is 1. The summed E-state index contributed by atoms with van der Waals surface area (Å²) in [6.07, 6.45) is 0.556. The number of carboxylic acids is 1. The summed E-state index contributed by atoms with van der Waals surface area (Å²) in [6, 6.07) is 4.08. The monoisotopic (exact) mass is 288 g/mol. The van der Waals surface area contributed by atoms with E-state index in [1.54, 1.807) is 0 Å². The molecule has 3 rings (SSSR count). The van der Waals surface area contributed by atoms with Crippen molar-refractivity contribution in [3.63, 3.8) is 0 Å². The van der Waals surface area contributed by atoms with Gasteiger partial charge in [-0.1, -0.05) is 0 Å². The summed E-state index contributed by atoms with van der Waals surface area (Å²) in [7, 11) is 0. The van der Waals surface area contributed by atoms with Gasteiger partial charge in [0.25, 0.3) is 0 Å². The Morgan fingerprint density at radius 1 is 1.24 bits per heavy atom. The van der Waals surface area contributed by atoms with Crippen LogP contribution in [0.2, 0.25) is 0 Å². The zero-order chi connectivity index (χ0) is 15.3. The molecule has 21 heavy (non-hydrogen) atoms. The second-order valence-electron chi connectivity index (χ2n) is 5.18. The Morgan fingerprint density at radius 2 is 1.86 bits per heavy atom. The minimum atomic E-state index is -1.27. The lowest BCUT2D eigenvalue weighted by Crippen LogP contribution is -2.34. The molecule has 1 aromatic carbocycles. The smallest absolute Gasteiger partial charge is 0.337 e. The van der Waals surface area contributed by atoms with Gasteiger partial charge in [0, 0.05) is 12.6 Å². The van der Waals surface area contributed by atoms with E-state index in [0.717, 1.165) is 4.90 Å². The van der Waals surface area contributed by atoms with Gasteiger partial charge in [0.15, 0.2) is 0 Å². The molecular formula is C14H12N2O5. The molecule has 1 saturated carbocycles. The summed E-state index contributed by atoms with van der Waals surface area (Å²) in [6.45, 7) is 1.30. The molecule has 1 aliphatic carbocycles. The molecule has 2 atom stereocenters. The summed E-state index contributed by atoms with van der Waals surface area (Å²) >= 11 is 0. The SMILES string of the molecule is CC(=O)Nc1ccc(N2C(=O)C3CC3C2=O)c(C(=O)O)c1. The number of anilines is 2. The minimum absolute atomic E-state index is 0.0544. The fourth-order valence-corrected chi connectivity index (χ4v) is 2.60. The van der Waals surface area contributed by atoms with Crippen LogP contribution in [0.25, 0.3) is 0 Å². The average Bonchev–Trinajstić information content (AvgIpc) is 3.15. The van der Waals surface area contributed by atoms with Crippen molar-refractivity contribution in [2.24, 2.45) is 11.8 Å². The van der Waals surface area contributed by atoms with Crippen LogP contribution < -0.4 is 10.2 Å². The van der Waals surface area contributed by atoms with Crippen molar-refractivity contribution in [2.75, 3.05) is 10.2 Å². The maximum Gasteiger partial charge on any atom is 0.337 e. The van der Waals surface area contributed by atoms with Crippen LogP contribution in [-0.2, 0) is 14.4 Å². The molecule has 0 bridgehead atoms. The molecule has 2 unspecified atom stereocenters. The lowest BCUT2D eigenvalue weighted by Gasteiger charge is -2.19. The van der Waals surface area contributed by atoms with Crippen LogP contribution in [0, 0.1) is 11.8 Å². The van der Waals surface area contributed by atoms with Crippen molar-refractivity contribution in [3.05, 3.63) is 23.8 Å². The molecule has 1 aliphatic heterocycles. The third-order valence-electron chi connectivity index (χ3n) is 3.65. The van der Waals surface area contributed by atoms with Gasteiger partial charge in [-0.05, 0) is 24.6 Å². The second-order valence-corrected chi connectivity index (χ2v) is 5.18. The summed E-state index contributed by atoms with van der Waals surface area (Å²) < 4.78 is 0. The Hall–Kier alpha value is -2.70. The highest BCUT2D eigenvalue weighted by molar-refractivity contribution is 6.26. The topological polar surface area (TPSA) is 104 Å². The number of fused-ring (bicyclic) bond motifs is 1. The predicted octanol–water partition coefficient (Wildman–Crippen LogP) is 0.852. The van der Waals surface area contributed by atoms with Gasteiger partial charge >= 0.3 is 5.97 Å². The van der Waals surface area contributed by atoms with Gasteiger partial charge in [-0.15, -0.1) is 0 Å². The average molecular weight is 288 g/mol. The number of carboxylic acid groups (broad SMARTS) is 1. The zero-order valence-corrected chi connectivity index (χ0v) is 11.1. The highest BCUT2D eigenvalue weighted by atomic mass is 16.4. The van der Waals surface area contributed by atoms with E-state index in [0.29, 0.717) is 12.1 Å². The number of carbonyl (C=O) groups excluding carboxylic acids is 3. The summed E-state index contributed by atoms with van der Waals surface area (Å²) in [5, 5.41) is 11.7. The number of rotatable bonds is 3. The molecular weight excluding hydrogens is 276 g/mol. The van der Waals surface area contributed by atoms with E-state index in [2.05, 4.69) is 5.32 Å². The third kappa shape index (κ3) is 2.06. The van der Waals surface area contributed by atoms with Gasteiger partial charge in [-0.3, -0.25) is 14.4 Å². The van der Waals surface area contributed by atoms with Crippen LogP contribution in [0.3, 0.4) is 0 Å². The third-order valence-corrected chi connectivity index (χ3v) is 3.65. The van der Waals surface area contributed by atoms with Gasteiger partial charge in [0.2, 0.25) is 17.7 Å². The molecule has 0 aromatic heterocycles. The molecule has 0 spiro atoms. The van der Waals surface area contributed by atoms with Crippen molar-refractivity contribution in [1.82, 2.24) is 0 Å². The molecule has 1 aromatic rings. The summed E-state index contributed by atoms with van der Waals surface area (Å²) in [4.78, 5) is 47.4. The van der Waals surface area contributed by atoms with E-state index in [1.165, 1.54) is 25.1 Å². The van der Waals surface area contributed by atoms with Gasteiger partial charge in [0.05, 0.1) is 23.1 Å². The van der Waals surface area contributed by atoms with E-state index >= 15 is 0 Å². The fourth-order valence-electron chi connectivity index (χ4n) is 2.60. The number of benzene rings is 1. The molecule has 1 saturated heterocycles. The Kier molecular flexibility index (Phi) is 2.79. The van der Waals surface area contributed by atoms with Crippen LogP contribution in [0.1, 0.15) is 23.7 Å². The Morgan fingerprint density at radius 3 is 2.38 bits per heavy atom. The Bertz CT molecular complexity index is 677. The first kappa shape index (κ1) is 13.3. The number of hydrogen-bond acceptors (Lipinski definition) is 4. The van der Waals surface area contributed by atoms with E-state index in [1.807, 2.05) is 0 Å². The van der Waals surface area contributed by atoms with Crippen LogP contribution in [0.4, 0.5) is 11.4 Å². The predicted molar refractivity (Wildman–Crippen MR) is 71.8 cm³/mol. The molecule has 2 N–H and O–H groups in total. The van der Waals surface area contributed by atoms with Crippen molar-refractivity contribution >= 4 is 35.1 Å². The largest absolute Gasteiger partial charge is 0.478 e. The number of amides is 3. The van der Waals surface area contributed by atoms with Crippen molar-refractivity contribution in [2.45, 2.75) is 13.3 Å². The number of aromatic carboxylic acids is 1. The number of piperidine rings is 1. The minimum Gasteiger partial charge on any atom is -0.478 e. The summed E-state index contributed by atoms with van der Waals surface area (Å²) in [5.74, 6) is -2.89. The first-order valence-electron chi connectivity index (χ1n) is 6.43. The zero-order valence-electron chi connectivity index (χ0n) is 11.1. The van der Waals surface area contributed by atoms with Gasteiger partial charge in [-0.2, -0.15) is 0 Å². The first-order valence-corrected chi connectivity index (χ1v) is 6.43. The molecule has 7 nitrogen and oxygen atoms in total. The number of nitrogens with one attached hydrogen (secondary N) is 1. The highest BCUT2D eigenvalue weighted by Gasteiger charge is 2.59. The normalized spacial score (nSPS) is 23.0. The Balaban J connectivity index is 2.02. The molecule has 1 heterocycles. The number of carbonyl (C=O) groups is 4. The van der Waals surface area contributed by atoms with Crippen molar-refractivity contribution in [3.8, 4) is 0 Å². The number of imide groups is 1. The van der Waals surface area contributed by atoms with Crippen LogP contribution >= 0.6 is 0 Å². The van der Waals surface area contributed by atoms with Gasteiger partial charge in [-0.25, -0.2) is 9.69 Å². The van der Waals surface area contributed by atoms with Gasteiger partial charge in [0.1, 0.15) is 0 Å². The molecule has 2 fully saturated rings. The Labute approximate surface area is 119 Å². The quantitative estimate of drug-likeness (QED) is 0.802. The first-order chi connectivity index (χ1) is 9.90. The van der Waals surface area contributed by atoms with Crippen LogP contribution in [0.5, 0.6) is 0 Å². The summed E-state index contributed by atoms with van der Waals surface area (Å²) in [5.41, 5.74) is 0.163. The maximum atomic E-state index is 12.0. The second kappa shape index (κ2) is 4.41. The molecule has 2 aliphatic rings. The molecule has 3 amide bonds. The number of hydrogen-bond donors (Lipinski definition) is 2. The van der Waals surface area contributed by atoms with E-state index < -0.39 is 5.97 Å². The molecule has 0 radical (unpaired) electrons. The van der Waals surface area contributed by atoms with Crippen molar-refractivity contribution in [1.29, 1.82) is 0 Å². The van der Waals surface area contributed by atoms with Crippen LogP contribution in [-0.4, -0.2) is 28.8 Å². The van der Waals surface area contributed by atoms with Crippen molar-refractivity contribution < 1.29 is 24.3 Å². The maximum absolute atomic E-state index is 12.0. The van der Waals surface area contributed by atoms with E-state index in [-0.39, 0.29) is 40.8 Å². The van der Waals surface area contributed by atoms with E-state index in [9.17, 15) is 24.3 Å². The van der Waals surface area contributed by atoms with E-state index in [4.69, 9.17) is 0 Å². The van der Waals surface area contributed by atoms with Crippen LogP contribution in [0.15, 0.2) is 18.2 Å². The standard InChI is InChI=1S/C14H12N2O5/c1-6(17)15-7-2-3-11(10(4-7)14(20)21)16-12(18)8-5-9(8)13(16)19/h2-4,8-9H,5H2,1H3,(H,15,17)(H,20,21).